The van der Waals surface area contributed by atoms with Crippen molar-refractivity contribution in [3.8, 4) is 0 Å². The molecule has 2 N–H and O–H groups in total. The molecule has 1 aromatic rings. The third-order valence-electron chi connectivity index (χ3n) is 1.77. The van der Waals surface area contributed by atoms with Gasteiger partial charge in [-0.15, -0.1) is 6.58 Å². The van der Waals surface area contributed by atoms with Crippen LogP contribution >= 0.6 is 12.2 Å². The Hall–Kier alpha value is -1.22. The maximum atomic E-state index is 5.55. The summed E-state index contributed by atoms with van der Waals surface area (Å²) in [6, 6.07) is 5.77. The minimum Gasteiger partial charge on any atom is -0.392 e. The van der Waals surface area contributed by atoms with Crippen LogP contribution in [0.3, 0.4) is 0 Å². The lowest BCUT2D eigenvalue weighted by Gasteiger charge is -2.09. The molecule has 0 aliphatic heterocycles. The standard InChI is InChI=1S/C10H12N2S/c1-3-8(10(11)13)9-6-4-5-7(2)12-9/h3-6,8H,1H2,2H3,(H2,11,13). The zero-order valence-electron chi connectivity index (χ0n) is 7.53. The number of rotatable bonds is 3. The number of hydrogen-bond acceptors (Lipinski definition) is 2. The fourth-order valence-corrected chi connectivity index (χ4v) is 1.34. The lowest BCUT2D eigenvalue weighted by molar-refractivity contribution is 1.01. The highest BCUT2D eigenvalue weighted by Gasteiger charge is 2.11. The van der Waals surface area contributed by atoms with Gasteiger partial charge in [0.1, 0.15) is 0 Å². The van der Waals surface area contributed by atoms with Crippen LogP contribution in [0.25, 0.3) is 0 Å². The molecule has 1 heterocycles. The van der Waals surface area contributed by atoms with Gasteiger partial charge in [0.25, 0.3) is 0 Å². The SMILES string of the molecule is C=CC(C(N)=S)c1cccc(C)n1. The van der Waals surface area contributed by atoms with E-state index < -0.39 is 0 Å². The van der Waals surface area contributed by atoms with E-state index in [1.54, 1.807) is 6.08 Å². The van der Waals surface area contributed by atoms with E-state index >= 15 is 0 Å². The molecule has 68 valence electrons. The van der Waals surface area contributed by atoms with Crippen LogP contribution in [0.1, 0.15) is 17.3 Å². The highest BCUT2D eigenvalue weighted by molar-refractivity contribution is 7.80. The van der Waals surface area contributed by atoms with Crippen LogP contribution < -0.4 is 5.73 Å². The summed E-state index contributed by atoms with van der Waals surface area (Å²) in [5, 5.41) is 0. The van der Waals surface area contributed by atoms with E-state index in [4.69, 9.17) is 18.0 Å². The number of aryl methyl sites for hydroxylation is 1. The summed E-state index contributed by atoms with van der Waals surface area (Å²) in [5.74, 6) is -0.116. The molecule has 0 aromatic carbocycles. The normalized spacial score (nSPS) is 12.1. The van der Waals surface area contributed by atoms with Crippen molar-refractivity contribution in [2.45, 2.75) is 12.8 Å². The topological polar surface area (TPSA) is 38.9 Å². The monoisotopic (exact) mass is 192 g/mol. The first-order valence-corrected chi connectivity index (χ1v) is 4.41. The number of aromatic nitrogens is 1. The van der Waals surface area contributed by atoms with Crippen molar-refractivity contribution >= 4 is 17.2 Å². The van der Waals surface area contributed by atoms with Gasteiger partial charge in [-0.1, -0.05) is 24.4 Å². The van der Waals surface area contributed by atoms with Gasteiger partial charge in [-0.25, -0.2) is 0 Å². The zero-order chi connectivity index (χ0) is 9.84. The molecule has 1 atom stereocenters. The second-order valence-electron chi connectivity index (χ2n) is 2.82. The molecule has 0 saturated heterocycles. The first kappa shape index (κ1) is 9.86. The van der Waals surface area contributed by atoms with Crippen LogP contribution in [0.2, 0.25) is 0 Å². The Morgan fingerprint density at radius 3 is 2.85 bits per heavy atom. The molecule has 0 aliphatic rings. The molecule has 3 heteroatoms. The second-order valence-corrected chi connectivity index (χ2v) is 3.29. The van der Waals surface area contributed by atoms with Crippen LogP contribution in [0, 0.1) is 6.92 Å². The number of nitrogens with zero attached hydrogens (tertiary/aromatic N) is 1. The van der Waals surface area contributed by atoms with Crippen LogP contribution in [-0.4, -0.2) is 9.97 Å². The molecule has 13 heavy (non-hydrogen) atoms. The molecule has 1 unspecified atom stereocenters. The quantitative estimate of drug-likeness (QED) is 0.587. The molecule has 1 aromatic heterocycles. The van der Waals surface area contributed by atoms with Gasteiger partial charge in [0.15, 0.2) is 0 Å². The van der Waals surface area contributed by atoms with Gasteiger partial charge in [-0.2, -0.15) is 0 Å². The number of thiocarbonyl (C=S) groups is 1. The van der Waals surface area contributed by atoms with Gasteiger partial charge in [-0.3, -0.25) is 4.98 Å². The van der Waals surface area contributed by atoms with E-state index in [1.165, 1.54) is 0 Å². The van der Waals surface area contributed by atoms with Crippen LogP contribution in [0.15, 0.2) is 30.9 Å². The van der Waals surface area contributed by atoms with E-state index in [1.807, 2.05) is 25.1 Å². The van der Waals surface area contributed by atoms with Gasteiger partial charge in [0.2, 0.25) is 0 Å². The number of nitrogens with two attached hydrogens (primary N) is 1. The minimum absolute atomic E-state index is 0.116. The lowest BCUT2D eigenvalue weighted by atomic mass is 10.1. The summed E-state index contributed by atoms with van der Waals surface area (Å²) in [6.45, 7) is 5.61. The van der Waals surface area contributed by atoms with Crippen molar-refractivity contribution in [1.29, 1.82) is 0 Å². The summed E-state index contributed by atoms with van der Waals surface area (Å²) in [7, 11) is 0. The summed E-state index contributed by atoms with van der Waals surface area (Å²) in [4.78, 5) is 4.74. The molecule has 0 aliphatic carbocycles. The molecular weight excluding hydrogens is 180 g/mol. The van der Waals surface area contributed by atoms with E-state index in [0.29, 0.717) is 4.99 Å². The van der Waals surface area contributed by atoms with Crippen LogP contribution in [-0.2, 0) is 0 Å². The molecule has 0 radical (unpaired) electrons. The van der Waals surface area contributed by atoms with Gasteiger partial charge < -0.3 is 5.73 Å². The largest absolute Gasteiger partial charge is 0.392 e. The highest BCUT2D eigenvalue weighted by atomic mass is 32.1. The fraction of sp³-hybridized carbons (Fsp3) is 0.200. The van der Waals surface area contributed by atoms with Crippen molar-refractivity contribution < 1.29 is 0 Å². The predicted octanol–water partition coefficient (Wildman–Crippen LogP) is 1.95. The Morgan fingerprint density at radius 2 is 2.38 bits per heavy atom. The van der Waals surface area contributed by atoms with Gasteiger partial charge in [0.05, 0.1) is 16.6 Å². The third kappa shape index (κ3) is 2.36. The highest BCUT2D eigenvalue weighted by Crippen LogP contribution is 2.14. The number of pyridine rings is 1. The predicted molar refractivity (Wildman–Crippen MR) is 58.7 cm³/mol. The summed E-state index contributed by atoms with van der Waals surface area (Å²) in [6.07, 6.45) is 1.71. The van der Waals surface area contributed by atoms with Crippen molar-refractivity contribution in [3.05, 3.63) is 42.2 Å². The van der Waals surface area contributed by atoms with E-state index in [2.05, 4.69) is 11.6 Å². The molecular formula is C10H12N2S. The van der Waals surface area contributed by atoms with E-state index in [9.17, 15) is 0 Å². The molecule has 2 nitrogen and oxygen atoms in total. The average Bonchev–Trinajstić information content (AvgIpc) is 2.04. The summed E-state index contributed by atoms with van der Waals surface area (Å²) < 4.78 is 0. The molecule has 1 rings (SSSR count). The second kappa shape index (κ2) is 4.14. The smallest absolute Gasteiger partial charge is 0.0857 e. The van der Waals surface area contributed by atoms with E-state index in [0.717, 1.165) is 11.4 Å². The number of hydrogen-bond donors (Lipinski definition) is 1. The molecule has 0 saturated carbocycles. The van der Waals surface area contributed by atoms with Crippen molar-refractivity contribution in [3.63, 3.8) is 0 Å². The molecule has 0 fully saturated rings. The third-order valence-corrected chi connectivity index (χ3v) is 2.02. The van der Waals surface area contributed by atoms with Gasteiger partial charge in [0, 0.05) is 5.69 Å². The van der Waals surface area contributed by atoms with Crippen LogP contribution in [0.5, 0.6) is 0 Å². The van der Waals surface area contributed by atoms with Gasteiger partial charge in [-0.05, 0) is 19.1 Å². The maximum absolute atomic E-state index is 5.55. The first-order valence-electron chi connectivity index (χ1n) is 4.00. The minimum atomic E-state index is -0.116. The van der Waals surface area contributed by atoms with Crippen molar-refractivity contribution in [2.24, 2.45) is 5.73 Å². The van der Waals surface area contributed by atoms with Gasteiger partial charge >= 0.3 is 0 Å². The van der Waals surface area contributed by atoms with Crippen molar-refractivity contribution in [2.75, 3.05) is 0 Å². The van der Waals surface area contributed by atoms with Crippen molar-refractivity contribution in [1.82, 2.24) is 4.98 Å². The summed E-state index contributed by atoms with van der Waals surface area (Å²) >= 11 is 4.91. The Labute approximate surface area is 83.5 Å². The Balaban J connectivity index is 3.04. The lowest BCUT2D eigenvalue weighted by Crippen LogP contribution is -2.18. The Kier molecular flexibility index (Phi) is 3.14. The molecule has 0 spiro atoms. The van der Waals surface area contributed by atoms with Crippen LogP contribution in [0.4, 0.5) is 0 Å². The zero-order valence-corrected chi connectivity index (χ0v) is 8.34. The Morgan fingerprint density at radius 1 is 1.69 bits per heavy atom. The molecule has 0 bridgehead atoms. The molecule has 0 amide bonds. The Bertz CT molecular complexity index is 333. The fourth-order valence-electron chi connectivity index (χ4n) is 1.12. The van der Waals surface area contributed by atoms with E-state index in [-0.39, 0.29) is 5.92 Å². The maximum Gasteiger partial charge on any atom is 0.0857 e. The summed E-state index contributed by atoms with van der Waals surface area (Å²) in [5.41, 5.74) is 7.37. The average molecular weight is 192 g/mol. The first-order chi connectivity index (χ1) is 6.15.